The first kappa shape index (κ1) is 15.0. The first-order chi connectivity index (χ1) is 11.1. The zero-order valence-corrected chi connectivity index (χ0v) is 13.5. The van der Waals surface area contributed by atoms with Gasteiger partial charge in [0.2, 0.25) is 0 Å². The predicted octanol–water partition coefficient (Wildman–Crippen LogP) is 3.67. The van der Waals surface area contributed by atoms with Crippen LogP contribution in [0.1, 0.15) is 27.3 Å². The van der Waals surface area contributed by atoms with Gasteiger partial charge in [-0.25, -0.2) is 4.68 Å². The van der Waals surface area contributed by atoms with E-state index in [1.807, 2.05) is 37.3 Å². The van der Waals surface area contributed by atoms with Crippen molar-refractivity contribution < 1.29 is 4.79 Å². The summed E-state index contributed by atoms with van der Waals surface area (Å²) in [6.45, 7) is 3.67. The molecule has 0 atom stereocenters. The number of benzene rings is 1. The molecular formula is C17H14N4OS. The average Bonchev–Trinajstić information content (AvgIpc) is 3.12. The van der Waals surface area contributed by atoms with E-state index in [2.05, 4.69) is 16.5 Å². The third kappa shape index (κ3) is 2.74. The monoisotopic (exact) mass is 322 g/mol. The summed E-state index contributed by atoms with van der Waals surface area (Å²) in [7, 11) is 0. The van der Waals surface area contributed by atoms with E-state index in [1.165, 1.54) is 11.3 Å². The smallest absolute Gasteiger partial charge is 0.260 e. The number of rotatable bonds is 3. The first-order valence-corrected chi connectivity index (χ1v) is 7.90. The molecule has 0 saturated carbocycles. The first-order valence-electron chi connectivity index (χ1n) is 7.02. The molecule has 0 aliphatic rings. The van der Waals surface area contributed by atoms with E-state index in [-0.39, 0.29) is 5.91 Å². The van der Waals surface area contributed by atoms with Gasteiger partial charge in [0.25, 0.3) is 5.91 Å². The van der Waals surface area contributed by atoms with Crippen LogP contribution in [0.5, 0.6) is 0 Å². The second kappa shape index (κ2) is 6.07. The SMILES string of the molecule is Cc1nn(-c2ccccc2)c(C)c1C(=O)Nc1sccc1C#N. The van der Waals surface area contributed by atoms with Crippen LogP contribution in [-0.2, 0) is 0 Å². The molecule has 6 heteroatoms. The van der Waals surface area contributed by atoms with E-state index in [0.29, 0.717) is 21.8 Å². The molecule has 0 fully saturated rings. The van der Waals surface area contributed by atoms with Gasteiger partial charge < -0.3 is 5.32 Å². The average molecular weight is 322 g/mol. The van der Waals surface area contributed by atoms with Gasteiger partial charge in [0, 0.05) is 0 Å². The molecule has 0 aliphatic heterocycles. The molecular weight excluding hydrogens is 308 g/mol. The van der Waals surface area contributed by atoms with Crippen molar-refractivity contribution in [3.8, 4) is 11.8 Å². The Balaban J connectivity index is 1.96. The van der Waals surface area contributed by atoms with Crippen molar-refractivity contribution in [3.05, 3.63) is 64.3 Å². The lowest BCUT2D eigenvalue weighted by Gasteiger charge is -2.06. The number of aromatic nitrogens is 2. The Hall–Kier alpha value is -2.91. The summed E-state index contributed by atoms with van der Waals surface area (Å²) in [6, 6.07) is 13.4. The van der Waals surface area contributed by atoms with E-state index < -0.39 is 0 Å². The van der Waals surface area contributed by atoms with Crippen molar-refractivity contribution in [1.82, 2.24) is 9.78 Å². The number of hydrogen-bond donors (Lipinski definition) is 1. The van der Waals surface area contributed by atoms with Crippen molar-refractivity contribution in [2.45, 2.75) is 13.8 Å². The number of aryl methyl sites for hydroxylation is 1. The minimum Gasteiger partial charge on any atom is -0.312 e. The fourth-order valence-electron chi connectivity index (χ4n) is 2.45. The zero-order valence-electron chi connectivity index (χ0n) is 12.7. The van der Waals surface area contributed by atoms with Gasteiger partial charge in [-0.1, -0.05) is 18.2 Å². The van der Waals surface area contributed by atoms with Gasteiger partial charge in [0.15, 0.2) is 0 Å². The number of thiophene rings is 1. The zero-order chi connectivity index (χ0) is 16.4. The van der Waals surface area contributed by atoms with Crippen molar-refractivity contribution in [2.24, 2.45) is 0 Å². The summed E-state index contributed by atoms with van der Waals surface area (Å²) >= 11 is 1.33. The van der Waals surface area contributed by atoms with E-state index in [1.54, 1.807) is 23.1 Å². The standard InChI is InChI=1S/C17H14N4OS/c1-11-15(16(22)19-17-13(10-18)8-9-23-17)12(2)21(20-11)14-6-4-3-5-7-14/h3-9H,1-2H3,(H,19,22). The summed E-state index contributed by atoms with van der Waals surface area (Å²) in [4.78, 5) is 12.6. The van der Waals surface area contributed by atoms with Crippen molar-refractivity contribution in [2.75, 3.05) is 5.32 Å². The normalized spacial score (nSPS) is 10.3. The van der Waals surface area contributed by atoms with Crippen LogP contribution in [0.3, 0.4) is 0 Å². The minimum absolute atomic E-state index is 0.249. The van der Waals surface area contributed by atoms with Crippen molar-refractivity contribution in [1.29, 1.82) is 5.26 Å². The second-order valence-corrected chi connectivity index (χ2v) is 5.94. The molecule has 0 aliphatic carbocycles. The Morgan fingerprint density at radius 3 is 2.70 bits per heavy atom. The summed E-state index contributed by atoms with van der Waals surface area (Å²) < 4.78 is 1.75. The topological polar surface area (TPSA) is 70.7 Å². The van der Waals surface area contributed by atoms with Crippen molar-refractivity contribution >= 4 is 22.2 Å². The number of hydrogen-bond acceptors (Lipinski definition) is 4. The van der Waals surface area contributed by atoms with Crippen LogP contribution < -0.4 is 5.32 Å². The van der Waals surface area contributed by atoms with E-state index in [0.717, 1.165) is 11.4 Å². The van der Waals surface area contributed by atoms with Gasteiger partial charge in [-0.15, -0.1) is 11.3 Å². The van der Waals surface area contributed by atoms with Crippen LogP contribution in [-0.4, -0.2) is 15.7 Å². The number of carbonyl (C=O) groups excluding carboxylic acids is 1. The molecule has 0 unspecified atom stereocenters. The molecule has 1 amide bonds. The predicted molar refractivity (Wildman–Crippen MR) is 90.0 cm³/mol. The molecule has 0 radical (unpaired) electrons. The minimum atomic E-state index is -0.249. The molecule has 1 N–H and O–H groups in total. The Labute approximate surface area is 137 Å². The van der Waals surface area contributed by atoms with Gasteiger partial charge in [-0.05, 0) is 37.4 Å². The highest BCUT2D eigenvalue weighted by Crippen LogP contribution is 2.25. The molecule has 3 rings (SSSR count). The summed E-state index contributed by atoms with van der Waals surface area (Å²) in [5.41, 5.74) is 3.32. The van der Waals surface area contributed by atoms with Crippen LogP contribution in [0.15, 0.2) is 41.8 Å². The van der Waals surface area contributed by atoms with Gasteiger partial charge in [-0.2, -0.15) is 10.4 Å². The fourth-order valence-corrected chi connectivity index (χ4v) is 3.18. The Kier molecular flexibility index (Phi) is 3.96. The number of nitrogens with zero attached hydrogens (tertiary/aromatic N) is 3. The molecule has 1 aromatic carbocycles. The second-order valence-electron chi connectivity index (χ2n) is 5.02. The fraction of sp³-hybridized carbons (Fsp3) is 0.118. The third-order valence-corrected chi connectivity index (χ3v) is 4.36. The maximum absolute atomic E-state index is 12.6. The van der Waals surface area contributed by atoms with Gasteiger partial charge in [0.1, 0.15) is 11.1 Å². The lowest BCUT2D eigenvalue weighted by Crippen LogP contribution is -2.14. The van der Waals surface area contributed by atoms with Crippen LogP contribution >= 0.6 is 11.3 Å². The number of amides is 1. The van der Waals surface area contributed by atoms with Crippen LogP contribution in [0.4, 0.5) is 5.00 Å². The maximum Gasteiger partial charge on any atom is 0.260 e. The van der Waals surface area contributed by atoms with Crippen LogP contribution in [0, 0.1) is 25.2 Å². The Bertz CT molecular complexity index is 903. The molecule has 2 aromatic heterocycles. The van der Waals surface area contributed by atoms with Gasteiger partial charge >= 0.3 is 0 Å². The van der Waals surface area contributed by atoms with Gasteiger partial charge in [0.05, 0.1) is 28.2 Å². The van der Waals surface area contributed by atoms with Gasteiger partial charge in [-0.3, -0.25) is 4.79 Å². The summed E-state index contributed by atoms with van der Waals surface area (Å²) in [5.74, 6) is -0.249. The molecule has 114 valence electrons. The van der Waals surface area contributed by atoms with E-state index >= 15 is 0 Å². The highest BCUT2D eigenvalue weighted by atomic mass is 32.1. The van der Waals surface area contributed by atoms with E-state index in [4.69, 9.17) is 5.26 Å². The summed E-state index contributed by atoms with van der Waals surface area (Å²) in [5, 5.41) is 18.7. The number of carbonyl (C=O) groups is 1. The molecule has 3 aromatic rings. The van der Waals surface area contributed by atoms with E-state index in [9.17, 15) is 4.79 Å². The summed E-state index contributed by atoms with van der Waals surface area (Å²) in [6.07, 6.45) is 0. The largest absolute Gasteiger partial charge is 0.312 e. The molecule has 0 bridgehead atoms. The highest BCUT2D eigenvalue weighted by molar-refractivity contribution is 7.14. The number of anilines is 1. The lowest BCUT2D eigenvalue weighted by molar-refractivity contribution is 0.102. The Morgan fingerprint density at radius 2 is 2.00 bits per heavy atom. The number of nitrogens with one attached hydrogen (secondary N) is 1. The maximum atomic E-state index is 12.6. The highest BCUT2D eigenvalue weighted by Gasteiger charge is 2.20. The number of nitriles is 1. The van der Waals surface area contributed by atoms with Crippen molar-refractivity contribution in [3.63, 3.8) is 0 Å². The molecule has 0 spiro atoms. The quantitative estimate of drug-likeness (QED) is 0.799. The molecule has 5 nitrogen and oxygen atoms in total. The Morgan fingerprint density at radius 1 is 1.26 bits per heavy atom. The third-order valence-electron chi connectivity index (χ3n) is 3.53. The number of para-hydroxylation sites is 1. The molecule has 0 saturated heterocycles. The molecule has 23 heavy (non-hydrogen) atoms. The van der Waals surface area contributed by atoms with Crippen LogP contribution in [0.2, 0.25) is 0 Å². The molecule has 2 heterocycles. The van der Waals surface area contributed by atoms with Crippen LogP contribution in [0.25, 0.3) is 5.69 Å². The lowest BCUT2D eigenvalue weighted by atomic mass is 10.2.